The normalized spacial score (nSPS) is 12.0. The second-order valence-corrected chi connectivity index (χ2v) is 6.19. The molecule has 5 heteroatoms. The summed E-state index contributed by atoms with van der Waals surface area (Å²) in [6.07, 6.45) is 0. The second kappa shape index (κ2) is 7.94. The molecule has 0 aliphatic heterocycles. The Kier molecular flexibility index (Phi) is 8.29. The van der Waals surface area contributed by atoms with E-state index in [1.807, 2.05) is 7.05 Å². The van der Waals surface area contributed by atoms with Crippen molar-refractivity contribution < 1.29 is 9.84 Å². The van der Waals surface area contributed by atoms with Crippen LogP contribution in [0, 0.1) is 0 Å². The highest BCUT2D eigenvalue weighted by Gasteiger charge is 2.17. The molecule has 2 N–H and O–H groups in total. The van der Waals surface area contributed by atoms with Crippen molar-refractivity contribution >= 4 is 21.6 Å². The van der Waals surface area contributed by atoms with Crippen LogP contribution in [0.1, 0.15) is 13.8 Å². The molecule has 0 fully saturated rings. The predicted octanol–water partition coefficient (Wildman–Crippen LogP) is 1.33. The van der Waals surface area contributed by atoms with Crippen LogP contribution < -0.4 is 5.32 Å². The van der Waals surface area contributed by atoms with Gasteiger partial charge in [-0.2, -0.15) is 0 Å². The number of ether oxygens (including phenoxy) is 1. The van der Waals surface area contributed by atoms with Crippen molar-refractivity contribution in [2.75, 3.05) is 32.7 Å². The lowest BCUT2D eigenvalue weighted by atomic mass is 10.2. The van der Waals surface area contributed by atoms with Crippen LogP contribution in [-0.2, 0) is 4.74 Å². The fourth-order valence-corrected chi connectivity index (χ4v) is 3.03. The van der Waals surface area contributed by atoms with E-state index in [0.717, 1.165) is 6.54 Å². The summed E-state index contributed by atoms with van der Waals surface area (Å²) in [7, 11) is 5.44. The number of rotatable bonds is 8. The first-order valence-electron chi connectivity index (χ1n) is 4.26. The molecule has 0 spiro atoms. The number of aliphatic hydroxyl groups excluding tert-OH is 1. The largest absolute Gasteiger partial charge is 0.394 e. The number of aliphatic hydroxyl groups is 1. The molecule has 0 aliphatic rings. The quantitative estimate of drug-likeness (QED) is 0.370. The van der Waals surface area contributed by atoms with E-state index in [2.05, 4.69) is 19.2 Å². The molecule has 0 saturated carbocycles. The van der Waals surface area contributed by atoms with Crippen LogP contribution in [0.2, 0.25) is 0 Å². The minimum atomic E-state index is 0.102. The van der Waals surface area contributed by atoms with Gasteiger partial charge in [-0.3, -0.25) is 0 Å². The molecule has 0 aromatic heterocycles. The van der Waals surface area contributed by atoms with Gasteiger partial charge < -0.3 is 15.2 Å². The second-order valence-electron chi connectivity index (χ2n) is 3.24. The highest BCUT2D eigenvalue weighted by atomic mass is 33.1. The summed E-state index contributed by atoms with van der Waals surface area (Å²) in [5.41, 5.74) is 0. The van der Waals surface area contributed by atoms with Crippen molar-refractivity contribution in [3.63, 3.8) is 0 Å². The SMILES string of the molecule is CNCC(C)(C)SSCOCCO. The van der Waals surface area contributed by atoms with Gasteiger partial charge in [0, 0.05) is 11.3 Å². The van der Waals surface area contributed by atoms with Crippen molar-refractivity contribution in [1.29, 1.82) is 0 Å². The summed E-state index contributed by atoms with van der Waals surface area (Å²) in [4.78, 5) is 0. The molecular formula is C8H19NO2S2. The molecule has 0 unspecified atom stereocenters. The van der Waals surface area contributed by atoms with Crippen molar-refractivity contribution in [1.82, 2.24) is 5.32 Å². The molecule has 0 aliphatic carbocycles. The summed E-state index contributed by atoms with van der Waals surface area (Å²) in [6, 6.07) is 0. The van der Waals surface area contributed by atoms with Crippen LogP contribution in [0.4, 0.5) is 0 Å². The molecule has 13 heavy (non-hydrogen) atoms. The molecule has 0 heterocycles. The van der Waals surface area contributed by atoms with Crippen LogP contribution in [-0.4, -0.2) is 42.6 Å². The van der Waals surface area contributed by atoms with E-state index in [4.69, 9.17) is 9.84 Å². The topological polar surface area (TPSA) is 41.5 Å². The van der Waals surface area contributed by atoms with E-state index in [-0.39, 0.29) is 11.4 Å². The first-order chi connectivity index (χ1) is 6.12. The predicted molar refractivity (Wildman–Crippen MR) is 61.1 cm³/mol. The van der Waals surface area contributed by atoms with Crippen LogP contribution in [0.5, 0.6) is 0 Å². The minimum Gasteiger partial charge on any atom is -0.394 e. The van der Waals surface area contributed by atoms with E-state index in [1.165, 1.54) is 0 Å². The van der Waals surface area contributed by atoms with Gasteiger partial charge in [0.25, 0.3) is 0 Å². The first kappa shape index (κ1) is 13.6. The maximum Gasteiger partial charge on any atom is 0.102 e. The van der Waals surface area contributed by atoms with Gasteiger partial charge in [-0.1, -0.05) is 21.6 Å². The molecule has 0 radical (unpaired) electrons. The molecule has 0 saturated heterocycles. The molecule has 0 rings (SSSR count). The third-order valence-corrected chi connectivity index (χ3v) is 4.23. The molecule has 0 bridgehead atoms. The van der Waals surface area contributed by atoms with Gasteiger partial charge in [0.05, 0.1) is 13.2 Å². The average molecular weight is 225 g/mol. The Balaban J connectivity index is 3.29. The number of hydrogen-bond acceptors (Lipinski definition) is 5. The van der Waals surface area contributed by atoms with E-state index >= 15 is 0 Å². The van der Waals surface area contributed by atoms with Gasteiger partial charge >= 0.3 is 0 Å². The van der Waals surface area contributed by atoms with E-state index in [1.54, 1.807) is 21.6 Å². The van der Waals surface area contributed by atoms with Crippen molar-refractivity contribution in [3.05, 3.63) is 0 Å². The summed E-state index contributed by atoms with van der Waals surface area (Å²) in [5, 5.41) is 11.6. The van der Waals surface area contributed by atoms with Crippen LogP contribution in [0.25, 0.3) is 0 Å². The molecular weight excluding hydrogens is 206 g/mol. The van der Waals surface area contributed by atoms with Crippen molar-refractivity contribution in [2.24, 2.45) is 0 Å². The third-order valence-electron chi connectivity index (χ3n) is 1.25. The van der Waals surface area contributed by atoms with Gasteiger partial charge in [0.15, 0.2) is 0 Å². The fraction of sp³-hybridized carbons (Fsp3) is 1.00. The molecule has 0 aromatic carbocycles. The van der Waals surface area contributed by atoms with Crippen molar-refractivity contribution in [2.45, 2.75) is 18.6 Å². The monoisotopic (exact) mass is 225 g/mol. The Labute approximate surface area is 88.4 Å². The Morgan fingerprint density at radius 2 is 2.15 bits per heavy atom. The first-order valence-corrected chi connectivity index (χ1v) is 6.58. The van der Waals surface area contributed by atoms with Gasteiger partial charge in [-0.25, -0.2) is 0 Å². The Morgan fingerprint density at radius 1 is 1.46 bits per heavy atom. The van der Waals surface area contributed by atoms with Crippen LogP contribution in [0.3, 0.4) is 0 Å². The Morgan fingerprint density at radius 3 is 2.69 bits per heavy atom. The lowest BCUT2D eigenvalue weighted by Crippen LogP contribution is -2.28. The standard InChI is InChI=1S/C8H19NO2S2/c1-8(2,6-9-3)13-12-7-11-5-4-10/h9-10H,4-7H2,1-3H3. The average Bonchev–Trinajstić information content (AvgIpc) is 2.04. The van der Waals surface area contributed by atoms with Gasteiger partial charge in [0.2, 0.25) is 0 Å². The summed E-state index contributed by atoms with van der Waals surface area (Å²) in [5.74, 6) is 0.637. The highest BCUT2D eigenvalue weighted by Crippen LogP contribution is 2.34. The third kappa shape index (κ3) is 8.90. The summed E-state index contributed by atoms with van der Waals surface area (Å²) >= 11 is 0. The van der Waals surface area contributed by atoms with Gasteiger partial charge in [0.1, 0.15) is 5.94 Å². The molecule has 0 atom stereocenters. The molecule has 80 valence electrons. The zero-order valence-corrected chi connectivity index (χ0v) is 10.1. The van der Waals surface area contributed by atoms with E-state index < -0.39 is 0 Å². The number of nitrogens with one attached hydrogen (secondary N) is 1. The summed E-state index contributed by atoms with van der Waals surface area (Å²) < 4.78 is 5.35. The molecule has 0 aromatic rings. The highest BCUT2D eigenvalue weighted by molar-refractivity contribution is 8.77. The smallest absolute Gasteiger partial charge is 0.102 e. The van der Waals surface area contributed by atoms with Gasteiger partial charge in [-0.15, -0.1) is 0 Å². The minimum absolute atomic E-state index is 0.102. The zero-order chi connectivity index (χ0) is 10.2. The lowest BCUT2D eigenvalue weighted by molar-refractivity contribution is 0.126. The molecule has 0 amide bonds. The van der Waals surface area contributed by atoms with E-state index in [0.29, 0.717) is 12.5 Å². The van der Waals surface area contributed by atoms with E-state index in [9.17, 15) is 0 Å². The lowest BCUT2D eigenvalue weighted by Gasteiger charge is -2.22. The van der Waals surface area contributed by atoms with Crippen LogP contribution >= 0.6 is 21.6 Å². The maximum atomic E-state index is 8.46. The maximum absolute atomic E-state index is 8.46. The summed E-state index contributed by atoms with van der Waals surface area (Å²) in [6.45, 7) is 5.89. The zero-order valence-electron chi connectivity index (χ0n) is 8.50. The van der Waals surface area contributed by atoms with Gasteiger partial charge in [-0.05, 0) is 20.9 Å². The Bertz CT molecular complexity index is 123. The van der Waals surface area contributed by atoms with Crippen LogP contribution in [0.15, 0.2) is 0 Å². The van der Waals surface area contributed by atoms with Crippen molar-refractivity contribution in [3.8, 4) is 0 Å². The fourth-order valence-electron chi connectivity index (χ4n) is 0.796. The Hall–Kier alpha value is 0.580. The molecule has 3 nitrogen and oxygen atoms in total. The number of hydrogen-bond donors (Lipinski definition) is 2.